The van der Waals surface area contributed by atoms with Gasteiger partial charge in [0.15, 0.2) is 5.82 Å². The van der Waals surface area contributed by atoms with Crippen molar-refractivity contribution in [3.05, 3.63) is 69.0 Å². The number of H-pyrrole nitrogens is 1. The van der Waals surface area contributed by atoms with Crippen molar-refractivity contribution in [3.63, 3.8) is 0 Å². The van der Waals surface area contributed by atoms with E-state index in [1.807, 2.05) is 31.2 Å². The Morgan fingerprint density at radius 1 is 1.35 bits per heavy atom. The molecule has 3 aromatic rings. The molecule has 2 aromatic carbocycles. The Morgan fingerprint density at radius 3 is 2.92 bits per heavy atom. The van der Waals surface area contributed by atoms with Crippen LogP contribution in [0.1, 0.15) is 12.5 Å². The van der Waals surface area contributed by atoms with Crippen LogP contribution in [0.25, 0.3) is 11.4 Å². The smallest absolute Gasteiger partial charge is 0.270 e. The van der Waals surface area contributed by atoms with E-state index in [9.17, 15) is 10.1 Å². The highest BCUT2D eigenvalue weighted by Crippen LogP contribution is 2.28. The van der Waals surface area contributed by atoms with Gasteiger partial charge in [-0.25, -0.2) is 5.10 Å². The Hall–Kier alpha value is -3.33. The fourth-order valence-electron chi connectivity index (χ4n) is 2.35. The zero-order valence-corrected chi connectivity index (χ0v) is 14.6. The SMILES string of the molecule is CCOc1ccccc1-c1n[nH]c(=S)n1/N=C\c1cccc([N+](=O)[O-])c1. The van der Waals surface area contributed by atoms with E-state index in [0.29, 0.717) is 28.5 Å². The van der Waals surface area contributed by atoms with Gasteiger partial charge in [0, 0.05) is 17.7 Å². The first-order valence-electron chi connectivity index (χ1n) is 7.78. The van der Waals surface area contributed by atoms with Crippen LogP contribution in [0.4, 0.5) is 5.69 Å². The Balaban J connectivity index is 2.01. The van der Waals surface area contributed by atoms with Gasteiger partial charge in [-0.05, 0) is 31.3 Å². The monoisotopic (exact) mass is 369 g/mol. The molecule has 0 fully saturated rings. The van der Waals surface area contributed by atoms with E-state index in [0.717, 1.165) is 5.56 Å². The molecule has 132 valence electrons. The molecule has 0 aliphatic heterocycles. The standard InChI is InChI=1S/C17H15N5O3S/c1-2-25-15-9-4-3-8-14(15)16-19-20-17(26)21(16)18-11-12-6-5-7-13(10-12)22(23)24/h3-11H,2H2,1H3,(H,20,26)/b18-11-. The number of benzene rings is 2. The summed E-state index contributed by atoms with van der Waals surface area (Å²) in [7, 11) is 0. The molecular weight excluding hydrogens is 354 g/mol. The number of nitrogens with one attached hydrogen (secondary N) is 1. The molecule has 0 spiro atoms. The highest BCUT2D eigenvalue weighted by molar-refractivity contribution is 7.71. The number of hydrogen-bond donors (Lipinski definition) is 1. The molecule has 0 saturated carbocycles. The van der Waals surface area contributed by atoms with Crippen LogP contribution in [-0.2, 0) is 0 Å². The van der Waals surface area contributed by atoms with Crippen molar-refractivity contribution in [3.8, 4) is 17.1 Å². The lowest BCUT2D eigenvalue weighted by molar-refractivity contribution is -0.384. The van der Waals surface area contributed by atoms with Crippen molar-refractivity contribution in [2.45, 2.75) is 6.92 Å². The van der Waals surface area contributed by atoms with E-state index in [1.54, 1.807) is 12.1 Å². The van der Waals surface area contributed by atoms with E-state index in [2.05, 4.69) is 15.3 Å². The number of non-ortho nitro benzene ring substituents is 1. The summed E-state index contributed by atoms with van der Waals surface area (Å²) in [5.41, 5.74) is 1.30. The lowest BCUT2D eigenvalue weighted by atomic mass is 10.2. The Morgan fingerprint density at radius 2 is 2.15 bits per heavy atom. The second-order valence-electron chi connectivity index (χ2n) is 5.19. The average Bonchev–Trinajstić information content (AvgIpc) is 3.01. The molecule has 3 rings (SSSR count). The molecule has 0 radical (unpaired) electrons. The van der Waals surface area contributed by atoms with Gasteiger partial charge in [-0.15, -0.1) is 0 Å². The van der Waals surface area contributed by atoms with Crippen LogP contribution in [0, 0.1) is 14.9 Å². The fourth-order valence-corrected chi connectivity index (χ4v) is 2.53. The quantitative estimate of drug-likeness (QED) is 0.308. The van der Waals surface area contributed by atoms with Crippen molar-refractivity contribution in [1.82, 2.24) is 14.9 Å². The van der Waals surface area contributed by atoms with Gasteiger partial charge in [0.05, 0.1) is 23.3 Å². The molecular formula is C17H15N5O3S. The minimum Gasteiger partial charge on any atom is -0.493 e. The third-order valence-electron chi connectivity index (χ3n) is 3.48. The molecule has 0 unspecified atom stereocenters. The van der Waals surface area contributed by atoms with E-state index in [1.165, 1.54) is 23.0 Å². The summed E-state index contributed by atoms with van der Waals surface area (Å²) in [6, 6.07) is 13.6. The van der Waals surface area contributed by atoms with Crippen LogP contribution < -0.4 is 4.74 Å². The molecule has 0 amide bonds. The maximum absolute atomic E-state index is 10.9. The van der Waals surface area contributed by atoms with E-state index < -0.39 is 4.92 Å². The number of aromatic amines is 1. The van der Waals surface area contributed by atoms with Gasteiger partial charge < -0.3 is 4.74 Å². The first kappa shape index (κ1) is 17.5. The average molecular weight is 369 g/mol. The summed E-state index contributed by atoms with van der Waals surface area (Å²) in [6.07, 6.45) is 1.49. The van der Waals surface area contributed by atoms with Crippen molar-refractivity contribution in [1.29, 1.82) is 0 Å². The predicted octanol–water partition coefficient (Wildman–Crippen LogP) is 3.80. The van der Waals surface area contributed by atoms with Gasteiger partial charge in [-0.2, -0.15) is 14.9 Å². The van der Waals surface area contributed by atoms with Gasteiger partial charge >= 0.3 is 0 Å². The maximum Gasteiger partial charge on any atom is 0.270 e. The summed E-state index contributed by atoms with van der Waals surface area (Å²) < 4.78 is 7.38. The second kappa shape index (κ2) is 7.70. The largest absolute Gasteiger partial charge is 0.493 e. The highest BCUT2D eigenvalue weighted by Gasteiger charge is 2.13. The minimum atomic E-state index is -0.454. The number of para-hydroxylation sites is 1. The normalized spacial score (nSPS) is 11.0. The molecule has 0 atom stereocenters. The number of ether oxygens (including phenoxy) is 1. The van der Waals surface area contributed by atoms with Gasteiger partial charge in [0.25, 0.3) is 5.69 Å². The molecule has 0 saturated heterocycles. The number of nitro groups is 1. The summed E-state index contributed by atoms with van der Waals surface area (Å²) in [4.78, 5) is 10.4. The molecule has 1 N–H and O–H groups in total. The molecule has 0 bridgehead atoms. The zero-order chi connectivity index (χ0) is 18.5. The van der Waals surface area contributed by atoms with Crippen molar-refractivity contribution >= 4 is 24.1 Å². The number of aromatic nitrogens is 3. The van der Waals surface area contributed by atoms with Crippen LogP contribution in [0.15, 0.2) is 53.6 Å². The first-order valence-corrected chi connectivity index (χ1v) is 8.19. The first-order chi connectivity index (χ1) is 12.6. The number of nitrogens with zero attached hydrogens (tertiary/aromatic N) is 4. The molecule has 26 heavy (non-hydrogen) atoms. The van der Waals surface area contributed by atoms with Crippen molar-refractivity contribution < 1.29 is 9.66 Å². The highest BCUT2D eigenvalue weighted by atomic mass is 32.1. The van der Waals surface area contributed by atoms with Crippen molar-refractivity contribution in [2.24, 2.45) is 5.10 Å². The van der Waals surface area contributed by atoms with Crippen molar-refractivity contribution in [2.75, 3.05) is 6.61 Å². The third kappa shape index (κ3) is 3.67. The summed E-state index contributed by atoms with van der Waals surface area (Å²) in [5.74, 6) is 1.15. The number of hydrogen-bond acceptors (Lipinski definition) is 6. The lowest BCUT2D eigenvalue weighted by Crippen LogP contribution is -1.99. The molecule has 0 aliphatic rings. The predicted molar refractivity (Wildman–Crippen MR) is 100 cm³/mol. The lowest BCUT2D eigenvalue weighted by Gasteiger charge is -2.08. The molecule has 9 heteroatoms. The molecule has 0 aliphatic carbocycles. The van der Waals surface area contributed by atoms with E-state index in [4.69, 9.17) is 17.0 Å². The van der Waals surface area contributed by atoms with E-state index in [-0.39, 0.29) is 5.69 Å². The van der Waals surface area contributed by atoms with Gasteiger partial charge in [-0.3, -0.25) is 10.1 Å². The Bertz CT molecular complexity index is 1020. The van der Waals surface area contributed by atoms with Crippen LogP contribution >= 0.6 is 12.2 Å². The zero-order valence-electron chi connectivity index (χ0n) is 13.8. The molecule has 1 aromatic heterocycles. The topological polar surface area (TPSA) is 98.3 Å². The second-order valence-corrected chi connectivity index (χ2v) is 5.58. The van der Waals surface area contributed by atoms with Crippen LogP contribution in [0.3, 0.4) is 0 Å². The van der Waals surface area contributed by atoms with Gasteiger partial charge in [-0.1, -0.05) is 24.3 Å². The van der Waals surface area contributed by atoms with E-state index >= 15 is 0 Å². The van der Waals surface area contributed by atoms with Crippen LogP contribution in [0.5, 0.6) is 5.75 Å². The summed E-state index contributed by atoms with van der Waals surface area (Å²) in [5, 5.41) is 22.2. The Kier molecular flexibility index (Phi) is 5.18. The van der Waals surface area contributed by atoms with Crippen LogP contribution in [-0.4, -0.2) is 32.6 Å². The van der Waals surface area contributed by atoms with Gasteiger partial charge in [0.2, 0.25) is 4.77 Å². The van der Waals surface area contributed by atoms with Crippen LogP contribution in [0.2, 0.25) is 0 Å². The summed E-state index contributed by atoms with van der Waals surface area (Å²) in [6.45, 7) is 2.41. The minimum absolute atomic E-state index is 0.00773. The molecule has 1 heterocycles. The molecule has 8 nitrogen and oxygen atoms in total. The fraction of sp³-hybridized carbons (Fsp3) is 0.118. The maximum atomic E-state index is 10.9. The number of nitro benzene ring substituents is 1. The number of rotatable bonds is 6. The Labute approximate surface area is 153 Å². The third-order valence-corrected chi connectivity index (χ3v) is 3.75. The van der Waals surface area contributed by atoms with Gasteiger partial charge in [0.1, 0.15) is 5.75 Å². The summed E-state index contributed by atoms with van der Waals surface area (Å²) >= 11 is 5.25.